The number of hydrogen-bond donors (Lipinski definition) is 0. The van der Waals surface area contributed by atoms with E-state index < -0.39 is 20.6 Å². The standard InChI is InChI=1S/C13H18O4S2/c1-19(15,16)13-8-3-2-7-12(13)18(14)10-11-6-4-5-9-17-11/h2-3,7-8,11H,4-6,9-10H2,1H3/t11-,18-/m1/s1. The highest BCUT2D eigenvalue weighted by molar-refractivity contribution is 7.92. The zero-order valence-corrected chi connectivity index (χ0v) is 12.5. The molecule has 106 valence electrons. The fourth-order valence-corrected chi connectivity index (χ4v) is 4.94. The lowest BCUT2D eigenvalue weighted by molar-refractivity contribution is 0.0310. The fourth-order valence-electron chi connectivity index (χ4n) is 2.14. The van der Waals surface area contributed by atoms with E-state index in [1.165, 1.54) is 6.07 Å². The molecule has 0 amide bonds. The quantitative estimate of drug-likeness (QED) is 0.850. The minimum absolute atomic E-state index is 0.0257. The summed E-state index contributed by atoms with van der Waals surface area (Å²) >= 11 is 0. The van der Waals surface area contributed by atoms with Crippen LogP contribution in [-0.2, 0) is 25.4 Å². The van der Waals surface area contributed by atoms with Gasteiger partial charge in [-0.2, -0.15) is 0 Å². The Labute approximate surface area is 116 Å². The molecule has 0 radical (unpaired) electrons. The zero-order valence-electron chi connectivity index (χ0n) is 10.9. The lowest BCUT2D eigenvalue weighted by Gasteiger charge is -2.22. The molecule has 1 aliphatic heterocycles. The predicted octanol–water partition coefficient (Wildman–Crippen LogP) is 1.77. The van der Waals surface area contributed by atoms with E-state index in [4.69, 9.17) is 4.74 Å². The maximum absolute atomic E-state index is 12.3. The highest BCUT2D eigenvalue weighted by Crippen LogP contribution is 2.22. The number of hydrogen-bond acceptors (Lipinski definition) is 4. The molecule has 19 heavy (non-hydrogen) atoms. The molecule has 1 aromatic carbocycles. The van der Waals surface area contributed by atoms with Gasteiger partial charge in [-0.25, -0.2) is 8.42 Å². The van der Waals surface area contributed by atoms with E-state index in [1.54, 1.807) is 18.2 Å². The smallest absolute Gasteiger partial charge is 0.176 e. The number of ether oxygens (including phenoxy) is 1. The van der Waals surface area contributed by atoms with E-state index >= 15 is 0 Å². The van der Waals surface area contributed by atoms with Gasteiger partial charge in [-0.05, 0) is 31.4 Å². The molecular formula is C13H18O4S2. The number of benzene rings is 1. The molecule has 0 spiro atoms. The van der Waals surface area contributed by atoms with E-state index in [1.807, 2.05) is 0 Å². The third kappa shape index (κ3) is 3.87. The number of sulfone groups is 1. The van der Waals surface area contributed by atoms with E-state index in [9.17, 15) is 12.6 Å². The van der Waals surface area contributed by atoms with Crippen molar-refractivity contribution in [2.24, 2.45) is 0 Å². The van der Waals surface area contributed by atoms with E-state index in [2.05, 4.69) is 0 Å². The van der Waals surface area contributed by atoms with Gasteiger partial charge < -0.3 is 4.74 Å². The van der Waals surface area contributed by atoms with Crippen molar-refractivity contribution in [3.8, 4) is 0 Å². The van der Waals surface area contributed by atoms with E-state index in [-0.39, 0.29) is 11.0 Å². The van der Waals surface area contributed by atoms with Crippen molar-refractivity contribution in [1.29, 1.82) is 0 Å². The van der Waals surface area contributed by atoms with Crippen LogP contribution in [0.3, 0.4) is 0 Å². The molecule has 2 rings (SSSR count). The first-order valence-corrected chi connectivity index (χ1v) is 9.48. The Morgan fingerprint density at radius 3 is 2.68 bits per heavy atom. The Morgan fingerprint density at radius 1 is 1.32 bits per heavy atom. The summed E-state index contributed by atoms with van der Waals surface area (Å²) in [6, 6.07) is 6.48. The monoisotopic (exact) mass is 302 g/mol. The van der Waals surface area contributed by atoms with Crippen LogP contribution >= 0.6 is 0 Å². The summed E-state index contributed by atoms with van der Waals surface area (Å²) in [6.45, 7) is 0.704. The molecular weight excluding hydrogens is 284 g/mol. The minimum Gasteiger partial charge on any atom is -0.377 e. The first-order valence-electron chi connectivity index (χ1n) is 6.27. The van der Waals surface area contributed by atoms with Crippen LogP contribution in [0.5, 0.6) is 0 Å². The second-order valence-corrected chi connectivity index (χ2v) is 8.17. The summed E-state index contributed by atoms with van der Waals surface area (Å²) in [5.41, 5.74) is 0. The second-order valence-electron chi connectivity index (χ2n) is 4.72. The molecule has 0 bridgehead atoms. The molecule has 0 saturated carbocycles. The lowest BCUT2D eigenvalue weighted by Crippen LogP contribution is -2.25. The average Bonchev–Trinajstić information content (AvgIpc) is 2.39. The van der Waals surface area contributed by atoms with Gasteiger partial charge in [0.2, 0.25) is 0 Å². The Hall–Kier alpha value is -0.720. The van der Waals surface area contributed by atoms with Crippen LogP contribution in [0.4, 0.5) is 0 Å². The highest BCUT2D eigenvalue weighted by Gasteiger charge is 2.22. The van der Waals surface area contributed by atoms with Gasteiger partial charge >= 0.3 is 0 Å². The SMILES string of the molecule is CS(=O)(=O)c1ccccc1[S@](=O)C[C@H]1CCCCO1. The molecule has 1 aromatic rings. The Bertz CT molecular complexity index is 560. The van der Waals surface area contributed by atoms with Gasteiger partial charge in [-0.15, -0.1) is 0 Å². The Morgan fingerprint density at radius 2 is 2.05 bits per heavy atom. The zero-order chi connectivity index (χ0) is 13.9. The molecule has 2 atom stereocenters. The minimum atomic E-state index is -3.35. The summed E-state index contributed by atoms with van der Waals surface area (Å²) in [7, 11) is -4.70. The van der Waals surface area contributed by atoms with Crippen molar-refractivity contribution >= 4 is 20.6 Å². The van der Waals surface area contributed by atoms with Crippen LogP contribution in [0.15, 0.2) is 34.1 Å². The van der Waals surface area contributed by atoms with Crippen molar-refractivity contribution in [2.45, 2.75) is 35.2 Å². The third-order valence-corrected chi connectivity index (χ3v) is 5.91. The van der Waals surface area contributed by atoms with E-state index in [0.717, 1.165) is 25.5 Å². The summed E-state index contributed by atoms with van der Waals surface area (Å²) < 4.78 is 41.3. The largest absolute Gasteiger partial charge is 0.377 e. The maximum atomic E-state index is 12.3. The topological polar surface area (TPSA) is 60.4 Å². The maximum Gasteiger partial charge on any atom is 0.176 e. The summed E-state index contributed by atoms with van der Waals surface area (Å²) in [5.74, 6) is 0.368. The van der Waals surface area contributed by atoms with Crippen molar-refractivity contribution < 1.29 is 17.4 Å². The molecule has 0 aliphatic carbocycles. The Balaban J connectivity index is 2.19. The van der Waals surface area contributed by atoms with Crippen molar-refractivity contribution in [3.63, 3.8) is 0 Å². The molecule has 6 heteroatoms. The van der Waals surface area contributed by atoms with Crippen LogP contribution in [0.25, 0.3) is 0 Å². The molecule has 0 unspecified atom stereocenters. The van der Waals surface area contributed by atoms with Crippen molar-refractivity contribution in [1.82, 2.24) is 0 Å². The second kappa shape index (κ2) is 6.15. The lowest BCUT2D eigenvalue weighted by atomic mass is 10.1. The van der Waals surface area contributed by atoms with E-state index in [0.29, 0.717) is 17.3 Å². The van der Waals surface area contributed by atoms with Gasteiger partial charge in [0.1, 0.15) is 0 Å². The van der Waals surface area contributed by atoms with Crippen LogP contribution in [0.1, 0.15) is 19.3 Å². The van der Waals surface area contributed by atoms with Gasteiger partial charge in [0.05, 0.1) is 32.4 Å². The average molecular weight is 302 g/mol. The van der Waals surface area contributed by atoms with Crippen molar-refractivity contribution in [3.05, 3.63) is 24.3 Å². The summed E-state index contributed by atoms with van der Waals surface area (Å²) in [5, 5.41) is 0. The van der Waals surface area contributed by atoms with Crippen LogP contribution < -0.4 is 0 Å². The Kier molecular flexibility index (Phi) is 4.76. The van der Waals surface area contributed by atoms with Gasteiger partial charge in [-0.3, -0.25) is 4.21 Å². The normalized spacial score (nSPS) is 22.1. The molecule has 1 heterocycles. The molecule has 1 aliphatic rings. The van der Waals surface area contributed by atoms with Crippen LogP contribution in [-0.4, -0.2) is 37.3 Å². The first-order chi connectivity index (χ1) is 8.98. The molecule has 0 aromatic heterocycles. The van der Waals surface area contributed by atoms with Gasteiger partial charge in [0.15, 0.2) is 9.84 Å². The summed E-state index contributed by atoms with van der Waals surface area (Å²) in [4.78, 5) is 0.545. The first kappa shape index (κ1) is 14.7. The number of rotatable bonds is 4. The van der Waals surface area contributed by atoms with Gasteiger partial charge in [-0.1, -0.05) is 12.1 Å². The van der Waals surface area contributed by atoms with Crippen LogP contribution in [0, 0.1) is 0 Å². The highest BCUT2D eigenvalue weighted by atomic mass is 32.2. The molecule has 1 saturated heterocycles. The molecule has 4 nitrogen and oxygen atoms in total. The van der Waals surface area contributed by atoms with Crippen molar-refractivity contribution in [2.75, 3.05) is 18.6 Å². The molecule has 0 N–H and O–H groups in total. The van der Waals surface area contributed by atoms with Gasteiger partial charge in [0, 0.05) is 12.9 Å². The fraction of sp³-hybridized carbons (Fsp3) is 0.538. The van der Waals surface area contributed by atoms with Gasteiger partial charge in [0.25, 0.3) is 0 Å². The third-order valence-electron chi connectivity index (χ3n) is 3.11. The van der Waals surface area contributed by atoms with Crippen LogP contribution in [0.2, 0.25) is 0 Å². The molecule has 1 fully saturated rings. The summed E-state index contributed by atoms with van der Waals surface area (Å²) in [6.07, 6.45) is 4.13. The predicted molar refractivity (Wildman–Crippen MR) is 74.4 cm³/mol.